The Balaban J connectivity index is 1.26. The van der Waals surface area contributed by atoms with E-state index in [-0.39, 0.29) is 5.91 Å². The number of hydrogen-bond donors (Lipinski definition) is 2. The van der Waals surface area contributed by atoms with E-state index in [0.717, 1.165) is 62.3 Å². The number of nitrogens with zero attached hydrogens (tertiary/aromatic N) is 1. The standard InChI is InChI=1S/C38H40N2O3/c41-34(42)21-16-26-14-18-30(19-15-26)38(22-6-7-23-38)39-37(43)29-17-20-32-33(25-29)40-24-8-12-27-9-4-5-13-31(27)36(40)35(32)28-10-2-1-3-11-28/h4-5,9,13-21,25,28H,1-3,6-8,10-12,22-24H2,(H,39,43)(H,41,42)/b21-16+. The molecule has 5 nitrogen and oxygen atoms in total. The Morgan fingerprint density at radius 3 is 2.42 bits per heavy atom. The van der Waals surface area contributed by atoms with Crippen molar-refractivity contribution in [2.75, 3.05) is 0 Å². The van der Waals surface area contributed by atoms with Gasteiger partial charge in [-0.2, -0.15) is 0 Å². The lowest BCUT2D eigenvalue weighted by Gasteiger charge is -2.31. The van der Waals surface area contributed by atoms with Gasteiger partial charge in [0.15, 0.2) is 0 Å². The molecule has 2 heterocycles. The molecule has 1 aliphatic heterocycles. The summed E-state index contributed by atoms with van der Waals surface area (Å²) in [7, 11) is 0. The third-order valence-corrected chi connectivity index (χ3v) is 10.2. The maximum atomic E-state index is 14.0. The van der Waals surface area contributed by atoms with E-state index in [9.17, 15) is 9.59 Å². The number of fused-ring (bicyclic) bond motifs is 5. The number of amides is 1. The van der Waals surface area contributed by atoms with E-state index in [2.05, 4.69) is 46.3 Å². The molecule has 2 aliphatic carbocycles. The number of aromatic nitrogens is 1. The minimum absolute atomic E-state index is 0.0255. The van der Waals surface area contributed by atoms with Crippen LogP contribution >= 0.6 is 0 Å². The molecule has 2 fully saturated rings. The van der Waals surface area contributed by atoms with Crippen LogP contribution in [0, 0.1) is 0 Å². The minimum atomic E-state index is -0.962. The van der Waals surface area contributed by atoms with Crippen LogP contribution in [0.3, 0.4) is 0 Å². The number of aliphatic carboxylic acids is 1. The Morgan fingerprint density at radius 1 is 0.884 bits per heavy atom. The second-order valence-corrected chi connectivity index (χ2v) is 12.8. The first-order chi connectivity index (χ1) is 21.0. The van der Waals surface area contributed by atoms with Crippen molar-refractivity contribution in [3.8, 4) is 11.3 Å². The van der Waals surface area contributed by atoms with Gasteiger partial charge in [0.2, 0.25) is 0 Å². The number of aryl methyl sites for hydroxylation is 2. The van der Waals surface area contributed by atoms with Crippen LogP contribution in [0.1, 0.15) is 103 Å². The summed E-state index contributed by atoms with van der Waals surface area (Å²) in [4.78, 5) is 24.9. The molecular formula is C38H40N2O3. The summed E-state index contributed by atoms with van der Waals surface area (Å²) in [6.07, 6.45) is 15.2. The summed E-state index contributed by atoms with van der Waals surface area (Å²) in [6, 6.07) is 23.3. The molecule has 1 amide bonds. The van der Waals surface area contributed by atoms with E-state index in [4.69, 9.17) is 5.11 Å². The van der Waals surface area contributed by atoms with Crippen molar-refractivity contribution in [1.82, 2.24) is 9.88 Å². The highest BCUT2D eigenvalue weighted by Gasteiger charge is 2.37. The SMILES string of the molecule is O=C(O)/C=C/c1ccc(C2(NC(=O)c3ccc4c(C5CCCCC5)c5n(c4c3)CCCc3ccccc3-5)CCCC2)cc1. The quantitative estimate of drug-likeness (QED) is 0.227. The van der Waals surface area contributed by atoms with Crippen LogP contribution in [0.5, 0.6) is 0 Å². The van der Waals surface area contributed by atoms with Gasteiger partial charge < -0.3 is 15.0 Å². The van der Waals surface area contributed by atoms with Gasteiger partial charge in [-0.3, -0.25) is 4.79 Å². The second-order valence-electron chi connectivity index (χ2n) is 12.8. The van der Waals surface area contributed by atoms with Crippen LogP contribution in [0.25, 0.3) is 28.2 Å². The monoisotopic (exact) mass is 572 g/mol. The number of carbonyl (C=O) groups is 2. The van der Waals surface area contributed by atoms with Gasteiger partial charge in [-0.25, -0.2) is 4.79 Å². The van der Waals surface area contributed by atoms with Crippen molar-refractivity contribution in [3.05, 3.63) is 101 Å². The molecule has 2 N–H and O–H groups in total. The van der Waals surface area contributed by atoms with Gasteiger partial charge in [-0.05, 0) is 84.9 Å². The van der Waals surface area contributed by atoms with E-state index >= 15 is 0 Å². The molecule has 220 valence electrons. The number of nitrogens with one attached hydrogen (secondary N) is 1. The Hall–Kier alpha value is -4.12. The molecule has 0 saturated heterocycles. The Kier molecular flexibility index (Phi) is 7.42. The number of carbonyl (C=O) groups excluding carboxylic acids is 1. The number of carboxylic acids is 1. The molecule has 3 aliphatic rings. The van der Waals surface area contributed by atoms with Gasteiger partial charge in [0.25, 0.3) is 5.91 Å². The van der Waals surface area contributed by atoms with Crippen molar-refractivity contribution in [1.29, 1.82) is 0 Å². The highest BCUT2D eigenvalue weighted by atomic mass is 16.4. The lowest BCUT2D eigenvalue weighted by atomic mass is 9.81. The third-order valence-electron chi connectivity index (χ3n) is 10.2. The Morgan fingerprint density at radius 2 is 1.65 bits per heavy atom. The van der Waals surface area contributed by atoms with E-state index < -0.39 is 11.5 Å². The summed E-state index contributed by atoms with van der Waals surface area (Å²) in [5.74, 6) is -0.425. The largest absolute Gasteiger partial charge is 0.478 e. The number of rotatable bonds is 6. The first-order valence-electron chi connectivity index (χ1n) is 16.1. The van der Waals surface area contributed by atoms with Crippen LogP contribution in [0.4, 0.5) is 0 Å². The molecule has 0 atom stereocenters. The highest BCUT2D eigenvalue weighted by molar-refractivity contribution is 6.01. The molecule has 0 bridgehead atoms. The Labute approximate surface area is 253 Å². The van der Waals surface area contributed by atoms with Gasteiger partial charge in [0, 0.05) is 34.7 Å². The molecule has 5 heteroatoms. The molecule has 7 rings (SSSR count). The molecular weight excluding hydrogens is 532 g/mol. The fourth-order valence-electron chi connectivity index (χ4n) is 8.08. The Bertz CT molecular complexity index is 1700. The first-order valence-corrected chi connectivity index (χ1v) is 16.1. The van der Waals surface area contributed by atoms with Crippen molar-refractivity contribution in [2.24, 2.45) is 0 Å². The average molecular weight is 573 g/mol. The molecule has 4 aromatic rings. The predicted octanol–water partition coefficient (Wildman–Crippen LogP) is 8.60. The molecule has 43 heavy (non-hydrogen) atoms. The zero-order valence-corrected chi connectivity index (χ0v) is 24.8. The van der Waals surface area contributed by atoms with Gasteiger partial charge in [-0.15, -0.1) is 0 Å². The van der Waals surface area contributed by atoms with Crippen LogP contribution < -0.4 is 5.32 Å². The molecule has 0 spiro atoms. The van der Waals surface area contributed by atoms with Crippen molar-refractivity contribution < 1.29 is 14.7 Å². The fraction of sp³-hybridized carbons (Fsp3) is 0.368. The molecule has 3 aromatic carbocycles. The van der Waals surface area contributed by atoms with Crippen LogP contribution in [-0.2, 0) is 23.3 Å². The number of hydrogen-bond acceptors (Lipinski definition) is 2. The lowest BCUT2D eigenvalue weighted by Crippen LogP contribution is -2.43. The average Bonchev–Trinajstić information content (AvgIpc) is 3.58. The second kappa shape index (κ2) is 11.5. The summed E-state index contributed by atoms with van der Waals surface area (Å²) >= 11 is 0. The molecule has 0 unspecified atom stereocenters. The zero-order chi connectivity index (χ0) is 29.4. The minimum Gasteiger partial charge on any atom is -0.478 e. The highest BCUT2D eigenvalue weighted by Crippen LogP contribution is 2.46. The summed E-state index contributed by atoms with van der Waals surface area (Å²) in [5, 5.41) is 13.8. The fourth-order valence-corrected chi connectivity index (χ4v) is 8.08. The third kappa shape index (κ3) is 5.20. The number of benzene rings is 3. The summed E-state index contributed by atoms with van der Waals surface area (Å²) in [6.45, 7) is 0.963. The van der Waals surface area contributed by atoms with Crippen LogP contribution in [-0.4, -0.2) is 21.6 Å². The normalized spacial score (nSPS) is 18.3. The summed E-state index contributed by atoms with van der Waals surface area (Å²) < 4.78 is 2.52. The van der Waals surface area contributed by atoms with Gasteiger partial charge in [0.1, 0.15) is 0 Å². The van der Waals surface area contributed by atoms with Crippen LogP contribution in [0.15, 0.2) is 72.8 Å². The van der Waals surface area contributed by atoms with Gasteiger partial charge >= 0.3 is 5.97 Å². The maximum absolute atomic E-state index is 14.0. The zero-order valence-electron chi connectivity index (χ0n) is 24.8. The van der Waals surface area contributed by atoms with Crippen molar-refractivity contribution in [3.63, 3.8) is 0 Å². The topological polar surface area (TPSA) is 71.3 Å². The van der Waals surface area contributed by atoms with Crippen molar-refractivity contribution in [2.45, 2.75) is 88.6 Å². The van der Waals surface area contributed by atoms with Gasteiger partial charge in [0.05, 0.1) is 11.2 Å². The van der Waals surface area contributed by atoms with Gasteiger partial charge in [-0.1, -0.05) is 86.7 Å². The summed E-state index contributed by atoms with van der Waals surface area (Å²) in [5.41, 5.74) is 9.10. The van der Waals surface area contributed by atoms with E-state index in [1.165, 1.54) is 65.4 Å². The maximum Gasteiger partial charge on any atom is 0.328 e. The van der Waals surface area contributed by atoms with Crippen molar-refractivity contribution >= 4 is 28.9 Å². The van der Waals surface area contributed by atoms with E-state index in [1.807, 2.05) is 30.3 Å². The molecule has 2 saturated carbocycles. The molecule has 1 aromatic heterocycles. The first kappa shape index (κ1) is 27.7. The van der Waals surface area contributed by atoms with Crippen LogP contribution in [0.2, 0.25) is 0 Å². The van der Waals surface area contributed by atoms with E-state index in [1.54, 1.807) is 6.08 Å². The number of carboxylic acid groups (broad SMARTS) is 1. The molecule has 0 radical (unpaired) electrons. The predicted molar refractivity (Wildman–Crippen MR) is 172 cm³/mol. The van der Waals surface area contributed by atoms with E-state index in [0.29, 0.717) is 11.5 Å². The smallest absolute Gasteiger partial charge is 0.328 e. The lowest BCUT2D eigenvalue weighted by molar-refractivity contribution is -0.131.